The van der Waals surface area contributed by atoms with Crippen LogP contribution in [-0.4, -0.2) is 29.1 Å². The molecule has 2 heterocycles. The summed E-state index contributed by atoms with van der Waals surface area (Å²) in [5, 5.41) is 9.93. The van der Waals surface area contributed by atoms with Gasteiger partial charge in [0.25, 0.3) is 0 Å². The lowest BCUT2D eigenvalue weighted by molar-refractivity contribution is 0.0699. The molecule has 1 aromatic carbocycles. The third-order valence-corrected chi connectivity index (χ3v) is 4.25. The maximum Gasteiger partial charge on any atom is 0.336 e. The van der Waals surface area contributed by atoms with Crippen LogP contribution in [0.2, 0.25) is 0 Å². The fourth-order valence-corrected chi connectivity index (χ4v) is 3.19. The van der Waals surface area contributed by atoms with E-state index < -0.39 is 5.97 Å². The number of anilines is 1. The van der Waals surface area contributed by atoms with Crippen LogP contribution in [0.3, 0.4) is 0 Å². The quantitative estimate of drug-likeness (QED) is 0.932. The van der Waals surface area contributed by atoms with Crippen LogP contribution in [-0.2, 0) is 0 Å². The van der Waals surface area contributed by atoms with Gasteiger partial charge in [0.15, 0.2) is 0 Å². The molecule has 4 nitrogen and oxygen atoms in total. The largest absolute Gasteiger partial charge is 0.478 e. The third kappa shape index (κ3) is 2.71. The van der Waals surface area contributed by atoms with Crippen LogP contribution in [0.4, 0.5) is 5.82 Å². The zero-order chi connectivity index (χ0) is 14.8. The predicted octanol–water partition coefficient (Wildman–Crippen LogP) is 3.56. The van der Waals surface area contributed by atoms with E-state index in [1.165, 1.54) is 19.3 Å². The van der Waals surface area contributed by atoms with E-state index in [0.717, 1.165) is 30.3 Å². The molecule has 1 atom stereocenters. The average molecular weight is 284 g/mol. The lowest BCUT2D eigenvalue weighted by atomic mass is 10.0. The number of carboxylic acids is 1. The first-order valence-electron chi connectivity index (χ1n) is 7.57. The molecule has 0 radical (unpaired) electrons. The summed E-state index contributed by atoms with van der Waals surface area (Å²) < 4.78 is 0. The van der Waals surface area contributed by atoms with E-state index in [1.54, 1.807) is 12.1 Å². The first-order valence-corrected chi connectivity index (χ1v) is 7.57. The van der Waals surface area contributed by atoms with Crippen molar-refractivity contribution >= 4 is 22.7 Å². The molecule has 1 N–H and O–H groups in total. The number of hydrogen-bond acceptors (Lipinski definition) is 3. The van der Waals surface area contributed by atoms with Gasteiger partial charge in [-0.05, 0) is 43.0 Å². The summed E-state index contributed by atoms with van der Waals surface area (Å²) in [7, 11) is 0. The lowest BCUT2D eigenvalue weighted by Gasteiger charge is -2.18. The molecule has 4 heteroatoms. The Morgan fingerprint density at radius 1 is 1.38 bits per heavy atom. The van der Waals surface area contributed by atoms with Crippen LogP contribution >= 0.6 is 0 Å². The van der Waals surface area contributed by atoms with Gasteiger partial charge in [0.1, 0.15) is 5.82 Å². The molecule has 3 rings (SSSR count). The van der Waals surface area contributed by atoms with E-state index >= 15 is 0 Å². The van der Waals surface area contributed by atoms with Gasteiger partial charge in [-0.15, -0.1) is 0 Å². The Morgan fingerprint density at radius 2 is 2.24 bits per heavy atom. The smallest absolute Gasteiger partial charge is 0.336 e. The Balaban J connectivity index is 1.90. The summed E-state index contributed by atoms with van der Waals surface area (Å²) in [6.45, 7) is 4.33. The number of pyridine rings is 1. The molecular formula is C17H20N2O2. The highest BCUT2D eigenvalue weighted by molar-refractivity contribution is 6.02. The number of aromatic nitrogens is 1. The highest BCUT2D eigenvalue weighted by atomic mass is 16.4. The second kappa shape index (κ2) is 5.72. The van der Waals surface area contributed by atoms with Crippen molar-refractivity contribution in [3.8, 4) is 0 Å². The summed E-state index contributed by atoms with van der Waals surface area (Å²) in [4.78, 5) is 18.2. The molecular weight excluding hydrogens is 264 g/mol. The van der Waals surface area contributed by atoms with Crippen molar-refractivity contribution in [2.24, 2.45) is 5.92 Å². The van der Waals surface area contributed by atoms with E-state index in [1.807, 2.05) is 18.2 Å². The molecule has 1 fully saturated rings. The number of benzene rings is 1. The molecule has 21 heavy (non-hydrogen) atoms. The number of carboxylic acid groups (broad SMARTS) is 1. The predicted molar refractivity (Wildman–Crippen MR) is 83.9 cm³/mol. The maximum absolute atomic E-state index is 11.2. The van der Waals surface area contributed by atoms with Crippen molar-refractivity contribution in [1.82, 2.24) is 4.98 Å². The van der Waals surface area contributed by atoms with Crippen LogP contribution in [0, 0.1) is 5.92 Å². The first-order chi connectivity index (χ1) is 10.2. The van der Waals surface area contributed by atoms with Gasteiger partial charge in [-0.2, -0.15) is 0 Å². The van der Waals surface area contributed by atoms with Crippen LogP contribution in [0.25, 0.3) is 10.9 Å². The zero-order valence-corrected chi connectivity index (χ0v) is 12.2. The minimum absolute atomic E-state index is 0.317. The Kier molecular flexibility index (Phi) is 3.78. The molecule has 1 aliphatic heterocycles. The van der Waals surface area contributed by atoms with E-state index in [-0.39, 0.29) is 0 Å². The summed E-state index contributed by atoms with van der Waals surface area (Å²) in [6.07, 6.45) is 3.72. The summed E-state index contributed by atoms with van der Waals surface area (Å²) in [5.41, 5.74) is 1.07. The van der Waals surface area contributed by atoms with Gasteiger partial charge in [-0.3, -0.25) is 0 Å². The molecule has 0 aliphatic carbocycles. The topological polar surface area (TPSA) is 53.4 Å². The van der Waals surface area contributed by atoms with Gasteiger partial charge < -0.3 is 10.0 Å². The van der Waals surface area contributed by atoms with Gasteiger partial charge in [0.2, 0.25) is 0 Å². The monoisotopic (exact) mass is 284 g/mol. The van der Waals surface area contributed by atoms with Gasteiger partial charge in [0, 0.05) is 18.5 Å². The fraction of sp³-hybridized carbons (Fsp3) is 0.412. The number of rotatable bonds is 4. The second-order valence-electron chi connectivity index (χ2n) is 5.74. The van der Waals surface area contributed by atoms with Gasteiger partial charge in [-0.1, -0.05) is 19.4 Å². The van der Waals surface area contributed by atoms with Crippen molar-refractivity contribution in [3.63, 3.8) is 0 Å². The Hall–Kier alpha value is -2.10. The van der Waals surface area contributed by atoms with Crippen molar-refractivity contribution in [1.29, 1.82) is 0 Å². The maximum atomic E-state index is 11.2. The van der Waals surface area contributed by atoms with Crippen LogP contribution in [0.1, 0.15) is 36.5 Å². The molecule has 0 bridgehead atoms. The van der Waals surface area contributed by atoms with Gasteiger partial charge >= 0.3 is 5.97 Å². The standard InChI is InChI=1S/C17H20N2O2/c1-2-4-12-9-10-19(11-12)16-8-7-13-14(17(20)21)5-3-6-15(13)18-16/h3,5-8,12H,2,4,9-11H2,1H3,(H,20,21). The Morgan fingerprint density at radius 3 is 3.00 bits per heavy atom. The van der Waals surface area contributed by atoms with Crippen LogP contribution < -0.4 is 4.90 Å². The first kappa shape index (κ1) is 13.9. The minimum atomic E-state index is -0.903. The highest BCUT2D eigenvalue weighted by Gasteiger charge is 2.23. The van der Waals surface area contributed by atoms with Gasteiger partial charge in [0.05, 0.1) is 11.1 Å². The van der Waals surface area contributed by atoms with E-state index in [2.05, 4.69) is 16.8 Å². The molecule has 1 aromatic heterocycles. The lowest BCUT2D eigenvalue weighted by Crippen LogP contribution is -2.20. The van der Waals surface area contributed by atoms with E-state index in [4.69, 9.17) is 0 Å². The number of hydrogen-bond donors (Lipinski definition) is 1. The summed E-state index contributed by atoms with van der Waals surface area (Å²) in [5.74, 6) is 0.820. The van der Waals surface area contributed by atoms with E-state index in [0.29, 0.717) is 10.9 Å². The fourth-order valence-electron chi connectivity index (χ4n) is 3.19. The molecule has 1 unspecified atom stereocenters. The van der Waals surface area contributed by atoms with Crippen LogP contribution in [0.5, 0.6) is 0 Å². The Labute approximate surface area is 124 Å². The van der Waals surface area contributed by atoms with Crippen LogP contribution in [0.15, 0.2) is 30.3 Å². The number of carbonyl (C=O) groups is 1. The number of nitrogens with zero attached hydrogens (tertiary/aromatic N) is 2. The number of fused-ring (bicyclic) bond motifs is 1. The molecule has 0 spiro atoms. The van der Waals surface area contributed by atoms with Crippen molar-refractivity contribution in [2.75, 3.05) is 18.0 Å². The third-order valence-electron chi connectivity index (χ3n) is 4.25. The molecule has 0 saturated carbocycles. The average Bonchev–Trinajstić information content (AvgIpc) is 2.95. The molecule has 110 valence electrons. The van der Waals surface area contributed by atoms with Crippen molar-refractivity contribution < 1.29 is 9.90 Å². The number of aromatic carboxylic acids is 1. The molecule has 0 amide bonds. The van der Waals surface area contributed by atoms with Crippen molar-refractivity contribution in [2.45, 2.75) is 26.2 Å². The van der Waals surface area contributed by atoms with Gasteiger partial charge in [-0.25, -0.2) is 9.78 Å². The Bertz CT molecular complexity index is 669. The summed E-state index contributed by atoms with van der Waals surface area (Å²) in [6, 6.07) is 9.09. The second-order valence-corrected chi connectivity index (χ2v) is 5.74. The molecule has 1 saturated heterocycles. The van der Waals surface area contributed by atoms with Crippen molar-refractivity contribution in [3.05, 3.63) is 35.9 Å². The SMILES string of the molecule is CCCC1CCN(c2ccc3c(C(=O)O)cccc3n2)C1. The molecule has 2 aromatic rings. The highest BCUT2D eigenvalue weighted by Crippen LogP contribution is 2.27. The minimum Gasteiger partial charge on any atom is -0.478 e. The summed E-state index contributed by atoms with van der Waals surface area (Å²) >= 11 is 0. The van der Waals surface area contributed by atoms with E-state index in [9.17, 15) is 9.90 Å². The molecule has 1 aliphatic rings. The zero-order valence-electron chi connectivity index (χ0n) is 12.2. The normalized spacial score (nSPS) is 18.3.